The molecule has 1 aromatic rings. The molecule has 2 amide bonds. The van der Waals surface area contributed by atoms with Gasteiger partial charge in [-0.15, -0.1) is 0 Å². The fourth-order valence-electron chi connectivity index (χ4n) is 2.58. The van der Waals surface area contributed by atoms with E-state index in [0.29, 0.717) is 17.9 Å². The zero-order valence-corrected chi connectivity index (χ0v) is 13.5. The van der Waals surface area contributed by atoms with Crippen molar-refractivity contribution in [3.63, 3.8) is 0 Å². The lowest BCUT2D eigenvalue weighted by molar-refractivity contribution is -0.160. The lowest BCUT2D eigenvalue weighted by atomic mass is 9.68. The number of benzene rings is 1. The Morgan fingerprint density at radius 3 is 2.57 bits per heavy atom. The molecule has 1 saturated carbocycles. The number of hydrogen-bond acceptors (Lipinski definition) is 4. The monoisotopic (exact) mass is 318 g/mol. The van der Waals surface area contributed by atoms with Gasteiger partial charge in [0.1, 0.15) is 0 Å². The highest BCUT2D eigenvalue weighted by Crippen LogP contribution is 2.41. The molecule has 0 aliphatic heterocycles. The fourth-order valence-corrected chi connectivity index (χ4v) is 2.58. The third kappa shape index (κ3) is 4.09. The first kappa shape index (κ1) is 17.0. The third-order valence-corrected chi connectivity index (χ3v) is 4.13. The van der Waals surface area contributed by atoms with Crippen LogP contribution in [0, 0.1) is 5.41 Å². The maximum Gasteiger partial charge on any atom is 0.319 e. The number of ketones is 1. The molecule has 0 atom stereocenters. The van der Waals surface area contributed by atoms with E-state index in [1.807, 2.05) is 0 Å². The summed E-state index contributed by atoms with van der Waals surface area (Å²) in [5.74, 6) is -0.310. The summed E-state index contributed by atoms with van der Waals surface area (Å²) in [4.78, 5) is 35.4. The van der Waals surface area contributed by atoms with Gasteiger partial charge in [0.05, 0.1) is 12.0 Å². The van der Waals surface area contributed by atoms with Crippen molar-refractivity contribution in [3.05, 3.63) is 29.8 Å². The van der Waals surface area contributed by atoms with Crippen LogP contribution < -0.4 is 10.6 Å². The zero-order valence-electron chi connectivity index (χ0n) is 13.5. The van der Waals surface area contributed by atoms with Gasteiger partial charge in [0, 0.05) is 17.8 Å². The van der Waals surface area contributed by atoms with Crippen molar-refractivity contribution in [1.82, 2.24) is 5.32 Å². The number of urea groups is 1. The van der Waals surface area contributed by atoms with E-state index in [1.54, 1.807) is 31.2 Å². The minimum absolute atomic E-state index is 0.0650. The molecule has 0 heterocycles. The number of Topliss-reactive ketones (excluding diaryl/α,β-unsaturated/α-hetero) is 1. The summed E-state index contributed by atoms with van der Waals surface area (Å²) in [6.45, 7) is 3.83. The number of ether oxygens (including phenoxy) is 1. The van der Waals surface area contributed by atoms with Crippen LogP contribution in [0.1, 0.15) is 43.5 Å². The van der Waals surface area contributed by atoms with Crippen molar-refractivity contribution < 1.29 is 19.1 Å². The number of nitrogens with one attached hydrogen (secondary N) is 2. The highest BCUT2D eigenvalue weighted by Gasteiger charge is 2.45. The summed E-state index contributed by atoms with van der Waals surface area (Å²) in [5, 5.41) is 5.40. The highest BCUT2D eigenvalue weighted by atomic mass is 16.5. The van der Waals surface area contributed by atoms with Crippen LogP contribution in [0.15, 0.2) is 24.3 Å². The van der Waals surface area contributed by atoms with Gasteiger partial charge in [-0.05, 0) is 38.8 Å². The molecule has 124 valence electrons. The molecule has 0 saturated heterocycles. The standard InChI is InChI=1S/C17H22N2O4/c1-3-23-15(21)17(8-5-9-17)11-18-16(22)19-14-7-4-6-13(10-14)12(2)20/h4,6-7,10H,3,5,8-9,11H2,1-2H3,(H2,18,19,22). The Labute approximate surface area is 135 Å². The number of carbonyl (C=O) groups is 3. The molecule has 1 aliphatic carbocycles. The second-order valence-corrected chi connectivity index (χ2v) is 5.80. The van der Waals surface area contributed by atoms with Crippen molar-refractivity contribution in [2.75, 3.05) is 18.5 Å². The van der Waals surface area contributed by atoms with Crippen LogP contribution >= 0.6 is 0 Å². The molecule has 1 aromatic carbocycles. The van der Waals surface area contributed by atoms with Gasteiger partial charge in [-0.3, -0.25) is 9.59 Å². The SMILES string of the molecule is CCOC(=O)C1(CNC(=O)Nc2cccc(C(C)=O)c2)CCC1. The maximum atomic E-state index is 12.0. The number of rotatable bonds is 6. The number of anilines is 1. The second kappa shape index (κ2) is 7.26. The fraction of sp³-hybridized carbons (Fsp3) is 0.471. The lowest BCUT2D eigenvalue weighted by Gasteiger charge is -2.39. The Balaban J connectivity index is 1.91. The van der Waals surface area contributed by atoms with Gasteiger partial charge < -0.3 is 15.4 Å². The van der Waals surface area contributed by atoms with E-state index in [9.17, 15) is 14.4 Å². The first-order valence-corrected chi connectivity index (χ1v) is 7.80. The predicted octanol–water partition coefficient (Wildman–Crippen LogP) is 2.74. The van der Waals surface area contributed by atoms with Crippen LogP contribution in [-0.4, -0.2) is 30.9 Å². The molecule has 23 heavy (non-hydrogen) atoms. The molecular weight excluding hydrogens is 296 g/mol. The average molecular weight is 318 g/mol. The van der Waals surface area contributed by atoms with Crippen LogP contribution in [-0.2, 0) is 9.53 Å². The second-order valence-electron chi connectivity index (χ2n) is 5.80. The Kier molecular flexibility index (Phi) is 5.36. The van der Waals surface area contributed by atoms with Gasteiger partial charge in [0.25, 0.3) is 0 Å². The molecule has 1 aliphatic rings. The number of carbonyl (C=O) groups excluding carboxylic acids is 3. The normalized spacial score (nSPS) is 15.2. The summed E-state index contributed by atoms with van der Waals surface area (Å²) in [6, 6.07) is 6.32. The van der Waals surface area contributed by atoms with Crippen molar-refractivity contribution in [1.29, 1.82) is 0 Å². The number of esters is 1. The topological polar surface area (TPSA) is 84.5 Å². The summed E-state index contributed by atoms with van der Waals surface area (Å²) < 4.78 is 5.09. The molecular formula is C17H22N2O4. The molecule has 1 fully saturated rings. The minimum atomic E-state index is -0.589. The van der Waals surface area contributed by atoms with Gasteiger partial charge in [0.2, 0.25) is 0 Å². The summed E-state index contributed by atoms with van der Waals surface area (Å²) in [6.07, 6.45) is 2.42. The van der Waals surface area contributed by atoms with E-state index in [2.05, 4.69) is 10.6 Å². The predicted molar refractivity (Wildman–Crippen MR) is 86.4 cm³/mol. The van der Waals surface area contributed by atoms with Gasteiger partial charge in [0.15, 0.2) is 5.78 Å². The average Bonchev–Trinajstić information content (AvgIpc) is 2.46. The Morgan fingerprint density at radius 1 is 1.26 bits per heavy atom. The van der Waals surface area contributed by atoms with E-state index in [-0.39, 0.29) is 18.3 Å². The van der Waals surface area contributed by atoms with E-state index in [0.717, 1.165) is 19.3 Å². The molecule has 0 unspecified atom stereocenters. The molecule has 0 spiro atoms. The van der Waals surface area contributed by atoms with Crippen molar-refractivity contribution in [3.8, 4) is 0 Å². The van der Waals surface area contributed by atoms with Crippen molar-refractivity contribution >= 4 is 23.5 Å². The van der Waals surface area contributed by atoms with Crippen LogP contribution in [0.25, 0.3) is 0 Å². The molecule has 6 nitrogen and oxygen atoms in total. The van der Waals surface area contributed by atoms with Gasteiger partial charge in [-0.25, -0.2) is 4.79 Å². The third-order valence-electron chi connectivity index (χ3n) is 4.13. The summed E-state index contributed by atoms with van der Waals surface area (Å²) in [7, 11) is 0. The van der Waals surface area contributed by atoms with E-state index < -0.39 is 11.4 Å². The smallest absolute Gasteiger partial charge is 0.319 e. The molecule has 0 radical (unpaired) electrons. The molecule has 2 rings (SSSR count). The quantitative estimate of drug-likeness (QED) is 0.624. The molecule has 0 bridgehead atoms. The van der Waals surface area contributed by atoms with Crippen LogP contribution in [0.2, 0.25) is 0 Å². The van der Waals surface area contributed by atoms with E-state index >= 15 is 0 Å². The Morgan fingerprint density at radius 2 is 2.00 bits per heavy atom. The van der Waals surface area contributed by atoms with Crippen molar-refractivity contribution in [2.45, 2.75) is 33.1 Å². The molecule has 6 heteroatoms. The van der Waals surface area contributed by atoms with E-state index in [1.165, 1.54) is 6.92 Å². The van der Waals surface area contributed by atoms with E-state index in [4.69, 9.17) is 4.74 Å². The maximum absolute atomic E-state index is 12.0. The Hall–Kier alpha value is -2.37. The van der Waals surface area contributed by atoms with Gasteiger partial charge in [-0.1, -0.05) is 18.6 Å². The first-order valence-electron chi connectivity index (χ1n) is 7.80. The van der Waals surface area contributed by atoms with Crippen LogP contribution in [0.5, 0.6) is 0 Å². The van der Waals surface area contributed by atoms with Gasteiger partial charge >= 0.3 is 12.0 Å². The molecule has 2 N–H and O–H groups in total. The number of hydrogen-bond donors (Lipinski definition) is 2. The van der Waals surface area contributed by atoms with Crippen molar-refractivity contribution in [2.24, 2.45) is 5.41 Å². The summed E-state index contributed by atoms with van der Waals surface area (Å²) >= 11 is 0. The molecule has 0 aromatic heterocycles. The largest absolute Gasteiger partial charge is 0.466 e. The lowest BCUT2D eigenvalue weighted by Crippen LogP contribution is -2.49. The first-order chi connectivity index (χ1) is 11.0. The minimum Gasteiger partial charge on any atom is -0.466 e. The number of amides is 2. The zero-order chi connectivity index (χ0) is 16.9. The van der Waals surface area contributed by atoms with Crippen LogP contribution in [0.3, 0.4) is 0 Å². The Bertz CT molecular complexity index is 608. The van der Waals surface area contributed by atoms with Crippen LogP contribution in [0.4, 0.5) is 10.5 Å². The summed E-state index contributed by atoms with van der Waals surface area (Å²) in [5.41, 5.74) is 0.480. The van der Waals surface area contributed by atoms with Gasteiger partial charge in [-0.2, -0.15) is 0 Å². The highest BCUT2D eigenvalue weighted by molar-refractivity contribution is 5.96.